The number of aliphatic carboxylic acids is 2. The number of fused-ring (bicyclic) bond motifs is 2. The summed E-state index contributed by atoms with van der Waals surface area (Å²) in [6, 6.07) is 0. The normalized spacial score (nSPS) is 31.8. The molecule has 2 aliphatic rings. The van der Waals surface area contributed by atoms with Gasteiger partial charge < -0.3 is 25.7 Å². The maximum Gasteiger partial charge on any atom is 0.335 e. The van der Waals surface area contributed by atoms with Crippen LogP contribution in [0, 0.1) is 5.92 Å². The smallest absolute Gasteiger partial charge is 0.335 e. The number of hydrogen-bond donors (Lipinski definition) is 5. The molecule has 0 aromatic carbocycles. The molecule has 110 valence electrons. The van der Waals surface area contributed by atoms with Crippen LogP contribution in [0.25, 0.3) is 0 Å². The van der Waals surface area contributed by atoms with Crippen molar-refractivity contribution in [1.82, 2.24) is 5.32 Å². The molecule has 2 fully saturated rings. The zero-order valence-electron chi connectivity index (χ0n) is 10.9. The Bertz CT molecular complexity index is 325. The molecular formula is C12H21NO6. The van der Waals surface area contributed by atoms with Gasteiger partial charge in [-0.15, -0.1) is 0 Å². The van der Waals surface area contributed by atoms with Crippen LogP contribution >= 0.6 is 0 Å². The third-order valence-electron chi connectivity index (χ3n) is 3.70. The molecule has 2 rings (SSSR count). The van der Waals surface area contributed by atoms with Crippen molar-refractivity contribution in [3.8, 4) is 0 Å². The summed E-state index contributed by atoms with van der Waals surface area (Å²) in [4.78, 5) is 19.5. The molecule has 0 amide bonds. The highest BCUT2D eigenvalue weighted by atomic mass is 16.4. The van der Waals surface area contributed by atoms with E-state index >= 15 is 0 Å². The van der Waals surface area contributed by atoms with Crippen LogP contribution in [0.2, 0.25) is 0 Å². The number of nitrogens with one attached hydrogen (secondary N) is 1. The summed E-state index contributed by atoms with van der Waals surface area (Å²) in [5.74, 6) is -2.52. The molecule has 1 heterocycles. The van der Waals surface area contributed by atoms with Gasteiger partial charge in [-0.05, 0) is 38.6 Å². The first-order valence-electron chi connectivity index (χ1n) is 6.32. The predicted molar refractivity (Wildman–Crippen MR) is 65.7 cm³/mol. The summed E-state index contributed by atoms with van der Waals surface area (Å²) in [6.07, 6.45) is 1.24. The van der Waals surface area contributed by atoms with Crippen molar-refractivity contribution >= 4 is 11.9 Å². The molecule has 0 aromatic heterocycles. The van der Waals surface area contributed by atoms with Gasteiger partial charge >= 0.3 is 11.9 Å². The first kappa shape index (κ1) is 15.9. The van der Waals surface area contributed by atoms with Gasteiger partial charge in [0.25, 0.3) is 0 Å². The monoisotopic (exact) mass is 275 g/mol. The Balaban J connectivity index is 0.000000190. The van der Waals surface area contributed by atoms with E-state index < -0.39 is 24.1 Å². The van der Waals surface area contributed by atoms with Crippen molar-refractivity contribution in [2.75, 3.05) is 6.54 Å². The van der Waals surface area contributed by atoms with Gasteiger partial charge in [-0.2, -0.15) is 0 Å². The lowest BCUT2D eigenvalue weighted by Gasteiger charge is -2.28. The number of aliphatic hydroxyl groups excluding tert-OH is 2. The Hall–Kier alpha value is -1.18. The van der Waals surface area contributed by atoms with Crippen LogP contribution in [0.4, 0.5) is 0 Å². The Morgan fingerprint density at radius 2 is 1.74 bits per heavy atom. The molecule has 4 atom stereocenters. The average Bonchev–Trinajstić information content (AvgIpc) is 2.61. The SMILES string of the molecule is CC12CCCC(CN1)C2.O=C(O)C(O)C(O)C(=O)O. The standard InChI is InChI=1S/C8H15N.C4H6O6/c1-8-4-2-3-7(5-8)6-9-8;5-1(3(7)8)2(6)4(9)10/h7,9H,2-6H2,1H3;1-2,5-6H,(H,7,8)(H,9,10). The Kier molecular flexibility index (Phi) is 5.28. The number of rotatable bonds is 3. The van der Waals surface area contributed by atoms with Gasteiger partial charge in [0.15, 0.2) is 12.2 Å². The lowest BCUT2D eigenvalue weighted by atomic mass is 9.82. The van der Waals surface area contributed by atoms with Crippen LogP contribution in [-0.4, -0.2) is 56.7 Å². The molecule has 7 heteroatoms. The van der Waals surface area contributed by atoms with E-state index in [0.717, 1.165) is 5.92 Å². The highest BCUT2D eigenvalue weighted by Gasteiger charge is 2.37. The second-order valence-electron chi connectivity index (χ2n) is 5.47. The fourth-order valence-corrected chi connectivity index (χ4v) is 2.62. The molecule has 0 aromatic rings. The van der Waals surface area contributed by atoms with E-state index in [0.29, 0.717) is 5.54 Å². The number of aliphatic hydroxyl groups is 2. The van der Waals surface area contributed by atoms with Crippen molar-refractivity contribution < 1.29 is 30.0 Å². The van der Waals surface area contributed by atoms with Gasteiger partial charge in [-0.25, -0.2) is 9.59 Å². The van der Waals surface area contributed by atoms with E-state index in [1.165, 1.54) is 32.2 Å². The van der Waals surface area contributed by atoms with Crippen molar-refractivity contribution in [2.45, 2.75) is 50.4 Å². The summed E-state index contributed by atoms with van der Waals surface area (Å²) in [7, 11) is 0. The van der Waals surface area contributed by atoms with E-state index in [9.17, 15) is 9.59 Å². The molecule has 4 unspecified atom stereocenters. The highest BCUT2D eigenvalue weighted by molar-refractivity contribution is 5.83. The third-order valence-corrected chi connectivity index (χ3v) is 3.70. The third kappa shape index (κ3) is 4.45. The topological polar surface area (TPSA) is 127 Å². The average molecular weight is 275 g/mol. The van der Waals surface area contributed by atoms with Crippen LogP contribution in [0.5, 0.6) is 0 Å². The lowest BCUT2D eigenvalue weighted by molar-refractivity contribution is -0.165. The number of carboxylic acids is 2. The minimum atomic E-state index is -2.27. The quantitative estimate of drug-likeness (QED) is 0.466. The van der Waals surface area contributed by atoms with Gasteiger partial charge in [-0.1, -0.05) is 6.42 Å². The van der Waals surface area contributed by atoms with E-state index in [4.69, 9.17) is 20.4 Å². The molecular weight excluding hydrogens is 254 g/mol. The van der Waals surface area contributed by atoms with E-state index in [1.54, 1.807) is 0 Å². The molecule has 5 N–H and O–H groups in total. The van der Waals surface area contributed by atoms with Crippen molar-refractivity contribution in [2.24, 2.45) is 5.92 Å². The number of hydrogen-bond acceptors (Lipinski definition) is 5. The zero-order valence-corrected chi connectivity index (χ0v) is 10.9. The zero-order chi connectivity index (χ0) is 14.6. The summed E-state index contributed by atoms with van der Waals surface area (Å²) in [5, 5.41) is 36.1. The van der Waals surface area contributed by atoms with Gasteiger partial charge in [0.1, 0.15) is 0 Å². The second-order valence-corrected chi connectivity index (χ2v) is 5.47. The summed E-state index contributed by atoms with van der Waals surface area (Å²) in [6.45, 7) is 3.66. The molecule has 1 aliphatic heterocycles. The maximum atomic E-state index is 9.77. The Morgan fingerprint density at radius 1 is 1.21 bits per heavy atom. The molecule has 7 nitrogen and oxygen atoms in total. The van der Waals surface area contributed by atoms with Gasteiger partial charge in [-0.3, -0.25) is 0 Å². The van der Waals surface area contributed by atoms with E-state index in [1.807, 2.05) is 0 Å². The molecule has 1 aliphatic carbocycles. The van der Waals surface area contributed by atoms with Crippen molar-refractivity contribution in [3.05, 3.63) is 0 Å². The van der Waals surface area contributed by atoms with E-state index in [2.05, 4.69) is 12.2 Å². The Morgan fingerprint density at radius 3 is 2.11 bits per heavy atom. The molecule has 1 saturated heterocycles. The van der Waals surface area contributed by atoms with Crippen molar-refractivity contribution in [1.29, 1.82) is 0 Å². The van der Waals surface area contributed by atoms with Gasteiger partial charge in [0, 0.05) is 5.54 Å². The molecule has 19 heavy (non-hydrogen) atoms. The number of carboxylic acid groups (broad SMARTS) is 2. The van der Waals surface area contributed by atoms with Crippen LogP contribution in [-0.2, 0) is 9.59 Å². The fraction of sp³-hybridized carbons (Fsp3) is 0.833. The largest absolute Gasteiger partial charge is 0.479 e. The minimum absolute atomic E-state index is 0.545. The first-order chi connectivity index (χ1) is 8.75. The van der Waals surface area contributed by atoms with Crippen LogP contribution < -0.4 is 5.32 Å². The lowest BCUT2D eigenvalue weighted by Crippen LogP contribution is -2.39. The first-order valence-corrected chi connectivity index (χ1v) is 6.32. The fourth-order valence-electron chi connectivity index (χ4n) is 2.62. The minimum Gasteiger partial charge on any atom is -0.479 e. The van der Waals surface area contributed by atoms with Crippen LogP contribution in [0.15, 0.2) is 0 Å². The van der Waals surface area contributed by atoms with Gasteiger partial charge in [0.05, 0.1) is 0 Å². The molecule has 2 bridgehead atoms. The second kappa shape index (κ2) is 6.31. The molecule has 0 radical (unpaired) electrons. The maximum absolute atomic E-state index is 9.77. The molecule has 0 spiro atoms. The highest BCUT2D eigenvalue weighted by Crippen LogP contribution is 2.36. The predicted octanol–water partition coefficient (Wildman–Crippen LogP) is -0.584. The van der Waals surface area contributed by atoms with E-state index in [-0.39, 0.29) is 0 Å². The van der Waals surface area contributed by atoms with Crippen molar-refractivity contribution in [3.63, 3.8) is 0 Å². The Labute approximate surface area is 111 Å². The van der Waals surface area contributed by atoms with Gasteiger partial charge in [0.2, 0.25) is 0 Å². The van der Waals surface area contributed by atoms with Crippen LogP contribution in [0.1, 0.15) is 32.6 Å². The number of carbonyl (C=O) groups is 2. The van der Waals surface area contributed by atoms with Crippen LogP contribution in [0.3, 0.4) is 0 Å². The molecule has 1 saturated carbocycles. The summed E-state index contributed by atoms with van der Waals surface area (Å²) >= 11 is 0. The summed E-state index contributed by atoms with van der Waals surface area (Å²) in [5.41, 5.74) is 0.545. The summed E-state index contributed by atoms with van der Waals surface area (Å²) < 4.78 is 0.